The molecule has 1 heterocycles. The van der Waals surface area contributed by atoms with E-state index in [1.807, 2.05) is 0 Å². The number of benzene rings is 1. The van der Waals surface area contributed by atoms with E-state index >= 15 is 0 Å². The number of carbonyl (C=O) groups is 1. The summed E-state index contributed by atoms with van der Waals surface area (Å²) in [6, 6.07) is 8.33. The van der Waals surface area contributed by atoms with Crippen molar-refractivity contribution in [3.8, 4) is 0 Å². The van der Waals surface area contributed by atoms with Crippen LogP contribution in [0.25, 0.3) is 6.08 Å². The smallest absolute Gasteiger partial charge is 0.373 e. The number of furan rings is 1. The van der Waals surface area contributed by atoms with Gasteiger partial charge in [0.05, 0.1) is 13.4 Å². The molecule has 9 heteroatoms. The number of esters is 1. The normalized spacial score (nSPS) is 12.0. The van der Waals surface area contributed by atoms with Crippen LogP contribution in [-0.2, 0) is 21.2 Å². The molecule has 0 aliphatic carbocycles. The average Bonchev–Trinajstić information content (AvgIpc) is 3.07. The van der Waals surface area contributed by atoms with Crippen molar-refractivity contribution < 1.29 is 22.4 Å². The third-order valence-corrected chi connectivity index (χ3v) is 5.56. The summed E-state index contributed by atoms with van der Waals surface area (Å²) in [6.07, 6.45) is 5.71. The minimum atomic E-state index is -3.38. The molecule has 0 saturated heterocycles. The van der Waals surface area contributed by atoms with Gasteiger partial charge in [-0.05, 0) is 42.3 Å². The topological polar surface area (TPSA) is 76.8 Å². The molecule has 0 saturated carbocycles. The van der Waals surface area contributed by atoms with Gasteiger partial charge in [-0.2, -0.15) is 4.31 Å². The zero-order valence-electron chi connectivity index (χ0n) is 15.5. The minimum absolute atomic E-state index is 0.126. The highest BCUT2D eigenvalue weighted by atomic mass is 35.5. The molecule has 2 aromatic rings. The van der Waals surface area contributed by atoms with Crippen molar-refractivity contribution in [1.29, 1.82) is 0 Å². The highest BCUT2D eigenvalue weighted by Gasteiger charge is 2.16. The molecule has 0 aliphatic heterocycles. The van der Waals surface area contributed by atoms with Crippen LogP contribution in [0.15, 0.2) is 40.8 Å². The standard InChI is InChI=1S/C19H21Cl2NO5S/c1-26-19(23)18-8-7-17(27-18)6-4-10-22(28(2,24)25)9-3-5-14-11-15(20)13-16(21)12-14/h3,5,7-8,11-13H,4,6,9-10H2,1-2H3/b5-3+. The van der Waals surface area contributed by atoms with Crippen LogP contribution in [0.3, 0.4) is 0 Å². The van der Waals surface area contributed by atoms with Gasteiger partial charge in [0.15, 0.2) is 0 Å². The first-order valence-corrected chi connectivity index (χ1v) is 11.0. The number of methoxy groups -OCH3 is 1. The predicted molar refractivity (Wildman–Crippen MR) is 110 cm³/mol. The molecule has 6 nitrogen and oxygen atoms in total. The van der Waals surface area contributed by atoms with E-state index in [2.05, 4.69) is 4.74 Å². The van der Waals surface area contributed by atoms with E-state index in [4.69, 9.17) is 27.6 Å². The molecule has 2 rings (SSSR count). The summed E-state index contributed by atoms with van der Waals surface area (Å²) in [5.41, 5.74) is 0.789. The number of halogens is 2. The molecule has 1 aromatic carbocycles. The van der Waals surface area contributed by atoms with Crippen LogP contribution < -0.4 is 0 Å². The number of hydrogen-bond donors (Lipinski definition) is 0. The molecule has 152 valence electrons. The van der Waals surface area contributed by atoms with E-state index in [1.165, 1.54) is 23.7 Å². The molecule has 0 spiro atoms. The van der Waals surface area contributed by atoms with Gasteiger partial charge in [-0.3, -0.25) is 0 Å². The number of hydrogen-bond acceptors (Lipinski definition) is 5. The summed E-state index contributed by atoms with van der Waals surface area (Å²) in [6.45, 7) is 0.530. The third-order valence-electron chi connectivity index (χ3n) is 3.85. The lowest BCUT2D eigenvalue weighted by Crippen LogP contribution is -2.31. The second-order valence-corrected chi connectivity index (χ2v) is 8.94. The van der Waals surface area contributed by atoms with Gasteiger partial charge >= 0.3 is 5.97 Å². The molecule has 28 heavy (non-hydrogen) atoms. The number of rotatable bonds is 9. The molecule has 0 amide bonds. The van der Waals surface area contributed by atoms with E-state index < -0.39 is 16.0 Å². The predicted octanol–water partition coefficient (Wildman–Crippen LogP) is 4.28. The first-order valence-electron chi connectivity index (χ1n) is 8.44. The maximum Gasteiger partial charge on any atom is 0.373 e. The van der Waals surface area contributed by atoms with Gasteiger partial charge in [-0.15, -0.1) is 0 Å². The van der Waals surface area contributed by atoms with Gasteiger partial charge in [0, 0.05) is 29.6 Å². The second kappa shape index (κ2) is 10.1. The Morgan fingerprint density at radius 1 is 1.21 bits per heavy atom. The molecule has 0 N–H and O–H groups in total. The molecule has 0 bridgehead atoms. The van der Waals surface area contributed by atoms with Crippen LogP contribution in [0.1, 0.15) is 28.3 Å². The number of ether oxygens (including phenoxy) is 1. The van der Waals surface area contributed by atoms with Crippen LogP contribution in [0, 0.1) is 0 Å². The number of carbonyl (C=O) groups excluding carboxylic acids is 1. The Balaban J connectivity index is 1.94. The lowest BCUT2D eigenvalue weighted by Gasteiger charge is -2.17. The van der Waals surface area contributed by atoms with Crippen molar-refractivity contribution in [2.45, 2.75) is 12.8 Å². The van der Waals surface area contributed by atoms with Crippen LogP contribution in [0.2, 0.25) is 10.0 Å². The summed E-state index contributed by atoms with van der Waals surface area (Å²) in [4.78, 5) is 11.4. The maximum atomic E-state index is 12.0. The molecular formula is C19H21Cl2NO5S. The third kappa shape index (κ3) is 6.98. The molecule has 0 aliphatic rings. The zero-order valence-corrected chi connectivity index (χ0v) is 17.9. The zero-order chi connectivity index (χ0) is 20.7. The van der Waals surface area contributed by atoms with Crippen LogP contribution in [0.4, 0.5) is 0 Å². The molecule has 0 fully saturated rings. The Hall–Kier alpha value is -1.80. The van der Waals surface area contributed by atoms with Gasteiger partial charge in [-0.25, -0.2) is 13.2 Å². The second-order valence-electron chi connectivity index (χ2n) is 6.09. The highest BCUT2D eigenvalue weighted by Crippen LogP contribution is 2.20. The fourth-order valence-electron chi connectivity index (χ4n) is 2.52. The Kier molecular flexibility index (Phi) is 8.12. The largest absolute Gasteiger partial charge is 0.463 e. The summed E-state index contributed by atoms with van der Waals surface area (Å²) in [5.74, 6) is 0.175. The van der Waals surface area contributed by atoms with Crippen molar-refractivity contribution in [2.75, 3.05) is 26.5 Å². The van der Waals surface area contributed by atoms with Crippen LogP contribution in [-0.4, -0.2) is 45.1 Å². The first-order chi connectivity index (χ1) is 13.2. The van der Waals surface area contributed by atoms with Crippen molar-refractivity contribution in [1.82, 2.24) is 4.31 Å². The van der Waals surface area contributed by atoms with Crippen molar-refractivity contribution in [2.24, 2.45) is 0 Å². The molecule has 0 unspecified atom stereocenters. The lowest BCUT2D eigenvalue weighted by atomic mass is 10.2. The van der Waals surface area contributed by atoms with E-state index in [9.17, 15) is 13.2 Å². The van der Waals surface area contributed by atoms with Gasteiger partial charge in [0.2, 0.25) is 15.8 Å². The fraction of sp³-hybridized carbons (Fsp3) is 0.316. The first kappa shape index (κ1) is 22.5. The van der Waals surface area contributed by atoms with Gasteiger partial charge in [0.1, 0.15) is 5.76 Å². The summed E-state index contributed by atoms with van der Waals surface area (Å²) in [5, 5.41) is 1.02. The van der Waals surface area contributed by atoms with Crippen LogP contribution in [0.5, 0.6) is 0 Å². The molecule has 0 atom stereocenters. The molecular weight excluding hydrogens is 425 g/mol. The van der Waals surface area contributed by atoms with E-state index in [0.29, 0.717) is 35.2 Å². The Morgan fingerprint density at radius 2 is 1.89 bits per heavy atom. The number of nitrogens with zero attached hydrogens (tertiary/aromatic N) is 1. The summed E-state index contributed by atoms with van der Waals surface area (Å²) in [7, 11) is -2.10. The Labute approximate surface area is 174 Å². The highest BCUT2D eigenvalue weighted by molar-refractivity contribution is 7.88. The minimum Gasteiger partial charge on any atom is -0.463 e. The van der Waals surface area contributed by atoms with Gasteiger partial charge in [0.25, 0.3) is 0 Å². The van der Waals surface area contributed by atoms with E-state index in [-0.39, 0.29) is 12.3 Å². The molecule has 1 aromatic heterocycles. The van der Waals surface area contributed by atoms with E-state index in [1.54, 1.807) is 36.4 Å². The maximum absolute atomic E-state index is 12.0. The number of aryl methyl sites for hydroxylation is 1. The van der Waals surface area contributed by atoms with Crippen molar-refractivity contribution >= 4 is 45.3 Å². The SMILES string of the molecule is COC(=O)c1ccc(CCCN(C/C=C/c2cc(Cl)cc(Cl)c2)S(C)(=O)=O)o1. The monoisotopic (exact) mass is 445 g/mol. The Morgan fingerprint density at radius 3 is 2.50 bits per heavy atom. The quantitative estimate of drug-likeness (QED) is 0.538. The Bertz CT molecular complexity index is 933. The lowest BCUT2D eigenvalue weighted by molar-refractivity contribution is 0.0563. The molecule has 0 radical (unpaired) electrons. The average molecular weight is 446 g/mol. The number of sulfonamides is 1. The summed E-state index contributed by atoms with van der Waals surface area (Å²) < 4.78 is 35.4. The van der Waals surface area contributed by atoms with Crippen LogP contribution >= 0.6 is 23.2 Å². The van der Waals surface area contributed by atoms with Crippen molar-refractivity contribution in [3.63, 3.8) is 0 Å². The summed E-state index contributed by atoms with van der Waals surface area (Å²) >= 11 is 11.9. The van der Waals surface area contributed by atoms with Gasteiger partial charge < -0.3 is 9.15 Å². The van der Waals surface area contributed by atoms with E-state index in [0.717, 1.165) is 5.56 Å². The fourth-order valence-corrected chi connectivity index (χ4v) is 3.88. The van der Waals surface area contributed by atoms with Gasteiger partial charge in [-0.1, -0.05) is 35.4 Å². The van der Waals surface area contributed by atoms with Crippen molar-refractivity contribution in [3.05, 3.63) is 63.5 Å².